The number of aromatic nitrogens is 2. The van der Waals surface area contributed by atoms with Gasteiger partial charge >= 0.3 is 0 Å². The summed E-state index contributed by atoms with van der Waals surface area (Å²) in [4.78, 5) is 11.9. The molecule has 24 heavy (non-hydrogen) atoms. The molecule has 3 rings (SSSR count). The van der Waals surface area contributed by atoms with E-state index in [4.69, 9.17) is 0 Å². The Kier molecular flexibility index (Phi) is 5.40. The molecule has 4 heteroatoms. The molecule has 1 amide bonds. The van der Waals surface area contributed by atoms with Gasteiger partial charge in [0.15, 0.2) is 0 Å². The van der Waals surface area contributed by atoms with Crippen molar-refractivity contribution in [3.63, 3.8) is 0 Å². The number of carbonyl (C=O) groups is 1. The lowest BCUT2D eigenvalue weighted by Crippen LogP contribution is -2.25. The fourth-order valence-corrected chi connectivity index (χ4v) is 2.55. The van der Waals surface area contributed by atoms with Crippen LogP contribution in [0, 0.1) is 0 Å². The predicted octanol–water partition coefficient (Wildman–Crippen LogP) is 3.16. The largest absolute Gasteiger partial charge is 0.356 e. The summed E-state index contributed by atoms with van der Waals surface area (Å²) in [5.74, 6) is 0.0818. The van der Waals surface area contributed by atoms with Gasteiger partial charge in [-0.25, -0.2) is 4.68 Å². The van der Waals surface area contributed by atoms with Crippen LogP contribution in [0.4, 0.5) is 0 Å². The maximum absolute atomic E-state index is 11.9. The lowest BCUT2D eigenvalue weighted by atomic mass is 10.1. The molecular weight excluding hydrogens is 298 g/mol. The zero-order chi connectivity index (χ0) is 16.6. The van der Waals surface area contributed by atoms with Gasteiger partial charge in [-0.2, -0.15) is 5.10 Å². The first kappa shape index (κ1) is 16.0. The van der Waals surface area contributed by atoms with E-state index >= 15 is 0 Å². The lowest BCUT2D eigenvalue weighted by Gasteiger charge is -2.04. The molecule has 0 atom stereocenters. The minimum Gasteiger partial charge on any atom is -0.356 e. The Morgan fingerprint density at radius 3 is 2.38 bits per heavy atom. The third-order valence-corrected chi connectivity index (χ3v) is 3.88. The average Bonchev–Trinajstić information content (AvgIpc) is 3.11. The zero-order valence-corrected chi connectivity index (χ0v) is 13.6. The summed E-state index contributed by atoms with van der Waals surface area (Å²) in [5, 5.41) is 7.32. The normalized spacial score (nSPS) is 10.5. The molecule has 1 aromatic heterocycles. The average molecular weight is 319 g/mol. The lowest BCUT2D eigenvalue weighted by molar-refractivity contribution is -0.121. The van der Waals surface area contributed by atoms with Gasteiger partial charge in [-0.1, -0.05) is 48.5 Å². The first-order valence-corrected chi connectivity index (χ1v) is 8.21. The summed E-state index contributed by atoms with van der Waals surface area (Å²) in [6.45, 7) is 0.673. The Morgan fingerprint density at radius 2 is 1.62 bits per heavy atom. The molecule has 3 aromatic rings. The second kappa shape index (κ2) is 8.11. The van der Waals surface area contributed by atoms with Gasteiger partial charge < -0.3 is 5.32 Å². The Morgan fingerprint density at radius 1 is 0.917 bits per heavy atom. The highest BCUT2D eigenvalue weighted by atomic mass is 16.1. The minimum atomic E-state index is 0.0818. The number of para-hydroxylation sites is 1. The summed E-state index contributed by atoms with van der Waals surface area (Å²) < 4.78 is 1.84. The van der Waals surface area contributed by atoms with Crippen LogP contribution in [0.15, 0.2) is 73.1 Å². The first-order chi connectivity index (χ1) is 11.8. The monoisotopic (exact) mass is 319 g/mol. The number of benzene rings is 2. The molecule has 122 valence electrons. The Labute approximate surface area is 142 Å². The Balaban J connectivity index is 1.42. The van der Waals surface area contributed by atoms with E-state index in [1.165, 1.54) is 5.56 Å². The van der Waals surface area contributed by atoms with Crippen LogP contribution < -0.4 is 5.32 Å². The summed E-state index contributed by atoms with van der Waals surface area (Å²) in [7, 11) is 0. The Bertz CT molecular complexity index is 766. The van der Waals surface area contributed by atoms with E-state index < -0.39 is 0 Å². The third-order valence-electron chi connectivity index (χ3n) is 3.88. The van der Waals surface area contributed by atoms with Crippen LogP contribution in [0.2, 0.25) is 0 Å². The maximum Gasteiger partial charge on any atom is 0.220 e. The molecule has 0 radical (unpaired) electrons. The van der Waals surface area contributed by atoms with E-state index in [9.17, 15) is 4.79 Å². The molecule has 0 aliphatic carbocycles. The van der Waals surface area contributed by atoms with E-state index in [1.807, 2.05) is 65.6 Å². The van der Waals surface area contributed by atoms with Crippen molar-refractivity contribution >= 4 is 5.91 Å². The second-order valence-corrected chi connectivity index (χ2v) is 5.71. The molecule has 0 fully saturated rings. The highest BCUT2D eigenvalue weighted by molar-refractivity contribution is 5.76. The molecule has 0 aliphatic rings. The topological polar surface area (TPSA) is 46.9 Å². The van der Waals surface area contributed by atoms with Crippen molar-refractivity contribution < 1.29 is 4.79 Å². The number of nitrogens with one attached hydrogen (secondary N) is 1. The molecule has 0 saturated carbocycles. The standard InChI is InChI=1S/C20H21N3O/c24-20(21-14-13-17-7-3-1-4-8-17)12-11-18-15-22-23(16-18)19-9-5-2-6-10-19/h1-10,15-16H,11-14H2,(H,21,24). The number of carbonyl (C=O) groups excluding carboxylic acids is 1. The van der Waals surface area contributed by atoms with Crippen LogP contribution in [-0.2, 0) is 17.6 Å². The van der Waals surface area contributed by atoms with Crippen LogP contribution in [0.1, 0.15) is 17.5 Å². The van der Waals surface area contributed by atoms with E-state index in [0.29, 0.717) is 19.4 Å². The van der Waals surface area contributed by atoms with E-state index in [-0.39, 0.29) is 5.91 Å². The van der Waals surface area contributed by atoms with Crippen molar-refractivity contribution in [2.24, 2.45) is 0 Å². The van der Waals surface area contributed by atoms with Gasteiger partial charge in [0.2, 0.25) is 5.91 Å². The highest BCUT2D eigenvalue weighted by Gasteiger charge is 2.05. The van der Waals surface area contributed by atoms with Crippen molar-refractivity contribution in [2.75, 3.05) is 6.54 Å². The fourth-order valence-electron chi connectivity index (χ4n) is 2.55. The number of hydrogen-bond acceptors (Lipinski definition) is 2. The molecule has 0 spiro atoms. The zero-order valence-electron chi connectivity index (χ0n) is 13.6. The summed E-state index contributed by atoms with van der Waals surface area (Å²) in [6, 6.07) is 20.1. The molecule has 4 nitrogen and oxygen atoms in total. The van der Waals surface area contributed by atoms with Gasteiger partial charge in [0.05, 0.1) is 11.9 Å². The summed E-state index contributed by atoms with van der Waals surface area (Å²) >= 11 is 0. The minimum absolute atomic E-state index is 0.0818. The molecule has 0 saturated heterocycles. The highest BCUT2D eigenvalue weighted by Crippen LogP contribution is 2.09. The van der Waals surface area contributed by atoms with Gasteiger partial charge in [-0.15, -0.1) is 0 Å². The first-order valence-electron chi connectivity index (χ1n) is 8.21. The molecule has 1 heterocycles. The molecule has 0 unspecified atom stereocenters. The molecule has 0 aliphatic heterocycles. The van der Waals surface area contributed by atoms with E-state index in [2.05, 4.69) is 22.5 Å². The molecule has 1 N–H and O–H groups in total. The van der Waals surface area contributed by atoms with Crippen LogP contribution in [0.3, 0.4) is 0 Å². The van der Waals surface area contributed by atoms with Crippen molar-refractivity contribution in [1.29, 1.82) is 0 Å². The van der Waals surface area contributed by atoms with Gasteiger partial charge in [0, 0.05) is 19.2 Å². The SMILES string of the molecule is O=C(CCc1cnn(-c2ccccc2)c1)NCCc1ccccc1. The van der Waals surface area contributed by atoms with Gasteiger partial charge in [-0.3, -0.25) is 4.79 Å². The summed E-state index contributed by atoms with van der Waals surface area (Å²) in [6.07, 6.45) is 5.84. The van der Waals surface area contributed by atoms with Crippen molar-refractivity contribution in [3.8, 4) is 5.69 Å². The number of amides is 1. The van der Waals surface area contributed by atoms with Crippen molar-refractivity contribution in [3.05, 3.63) is 84.2 Å². The van der Waals surface area contributed by atoms with E-state index in [1.54, 1.807) is 0 Å². The number of aryl methyl sites for hydroxylation is 1. The maximum atomic E-state index is 11.9. The van der Waals surface area contributed by atoms with Crippen molar-refractivity contribution in [2.45, 2.75) is 19.3 Å². The number of nitrogens with zero attached hydrogens (tertiary/aromatic N) is 2. The number of hydrogen-bond donors (Lipinski definition) is 1. The predicted molar refractivity (Wildman–Crippen MR) is 95.0 cm³/mol. The molecule has 2 aromatic carbocycles. The number of rotatable bonds is 7. The van der Waals surface area contributed by atoms with Crippen LogP contribution in [0.5, 0.6) is 0 Å². The molecule has 0 bridgehead atoms. The smallest absolute Gasteiger partial charge is 0.220 e. The van der Waals surface area contributed by atoms with Crippen LogP contribution >= 0.6 is 0 Å². The van der Waals surface area contributed by atoms with Crippen LogP contribution in [0.25, 0.3) is 5.69 Å². The molecular formula is C20H21N3O. The third kappa shape index (κ3) is 4.56. The van der Waals surface area contributed by atoms with Gasteiger partial charge in [0.1, 0.15) is 0 Å². The van der Waals surface area contributed by atoms with Crippen LogP contribution in [-0.4, -0.2) is 22.2 Å². The quantitative estimate of drug-likeness (QED) is 0.727. The van der Waals surface area contributed by atoms with E-state index in [0.717, 1.165) is 17.7 Å². The van der Waals surface area contributed by atoms with Crippen molar-refractivity contribution in [1.82, 2.24) is 15.1 Å². The van der Waals surface area contributed by atoms with Gasteiger partial charge in [-0.05, 0) is 36.1 Å². The Hall–Kier alpha value is -2.88. The summed E-state index contributed by atoms with van der Waals surface area (Å²) in [5.41, 5.74) is 3.33. The second-order valence-electron chi connectivity index (χ2n) is 5.71. The fraction of sp³-hybridized carbons (Fsp3) is 0.200. The van der Waals surface area contributed by atoms with Gasteiger partial charge in [0.25, 0.3) is 0 Å².